The molecule has 0 atom stereocenters. The Kier molecular flexibility index (Phi) is 17.0. The summed E-state index contributed by atoms with van der Waals surface area (Å²) in [6, 6.07) is 34.2. The van der Waals surface area contributed by atoms with E-state index in [4.69, 9.17) is 0 Å². The second-order valence-corrected chi connectivity index (χ2v) is 9.28. The van der Waals surface area contributed by atoms with E-state index in [1.165, 1.54) is 22.9 Å². The minimum Gasteiger partial charge on any atom is -0.744 e. The standard InChI is InChI=1S/C10H8.2C8H8O3S.2Na/c1-2-6-10-8-4-3-7-9(10)5-1;2*9-12(10,11)7-6-8-4-2-1-3-5-8;;/h1-8H;2*1-7H,(H,9,10,11);;/q;;;2*+1/p-2. The van der Waals surface area contributed by atoms with E-state index in [-0.39, 0.29) is 59.1 Å². The average molecular weight is 541 g/mol. The summed E-state index contributed by atoms with van der Waals surface area (Å²) in [5.74, 6) is 0. The average Bonchev–Trinajstić information content (AvgIpc) is 2.83. The van der Waals surface area contributed by atoms with E-state index in [2.05, 4.69) is 48.5 Å². The van der Waals surface area contributed by atoms with Crippen LogP contribution in [0.3, 0.4) is 0 Å². The van der Waals surface area contributed by atoms with Crippen molar-refractivity contribution in [3.8, 4) is 0 Å². The number of hydrogen-bond donors (Lipinski definition) is 0. The smallest absolute Gasteiger partial charge is 0.744 e. The van der Waals surface area contributed by atoms with Crippen molar-refractivity contribution in [2.75, 3.05) is 0 Å². The molecule has 4 rings (SSSR count). The van der Waals surface area contributed by atoms with Crippen LogP contribution in [0.15, 0.2) is 120 Å². The molecule has 0 radical (unpaired) electrons. The molecule has 0 N–H and O–H groups in total. The fourth-order valence-corrected chi connectivity index (χ4v) is 3.23. The normalized spacial score (nSPS) is 10.8. The summed E-state index contributed by atoms with van der Waals surface area (Å²) < 4.78 is 61.0. The Morgan fingerprint density at radius 3 is 0.944 bits per heavy atom. The summed E-state index contributed by atoms with van der Waals surface area (Å²) in [6.07, 6.45) is 2.53. The van der Waals surface area contributed by atoms with Gasteiger partial charge in [0.2, 0.25) is 0 Å². The largest absolute Gasteiger partial charge is 1.00 e. The van der Waals surface area contributed by atoms with Gasteiger partial charge in [0.05, 0.1) is 0 Å². The molecule has 0 unspecified atom stereocenters. The quantitative estimate of drug-likeness (QED) is 0.249. The van der Waals surface area contributed by atoms with Crippen LogP contribution in [-0.4, -0.2) is 25.9 Å². The van der Waals surface area contributed by atoms with Crippen LogP contribution >= 0.6 is 0 Å². The van der Waals surface area contributed by atoms with E-state index in [0.717, 1.165) is 0 Å². The van der Waals surface area contributed by atoms with Gasteiger partial charge in [-0.2, -0.15) is 0 Å². The van der Waals surface area contributed by atoms with Gasteiger partial charge < -0.3 is 9.11 Å². The van der Waals surface area contributed by atoms with Crippen molar-refractivity contribution in [1.82, 2.24) is 0 Å². The van der Waals surface area contributed by atoms with Gasteiger partial charge in [0.25, 0.3) is 0 Å². The second kappa shape index (κ2) is 17.8. The molecule has 0 bridgehead atoms. The zero-order valence-electron chi connectivity index (χ0n) is 20.0. The van der Waals surface area contributed by atoms with Gasteiger partial charge in [0, 0.05) is 10.8 Å². The van der Waals surface area contributed by atoms with Gasteiger partial charge in [-0.1, -0.05) is 109 Å². The maximum Gasteiger partial charge on any atom is 1.00 e. The summed E-state index contributed by atoms with van der Waals surface area (Å²) >= 11 is 0. The summed E-state index contributed by atoms with van der Waals surface area (Å²) in [6.45, 7) is 0. The Hall–Kier alpha value is -1.56. The molecule has 0 aliphatic heterocycles. The topological polar surface area (TPSA) is 114 Å². The number of fused-ring (bicyclic) bond motifs is 1. The maximum absolute atomic E-state index is 10.2. The van der Waals surface area contributed by atoms with E-state index in [1.807, 2.05) is 12.1 Å². The fourth-order valence-electron chi connectivity index (χ4n) is 2.59. The molecule has 0 aliphatic carbocycles. The molecule has 0 heterocycles. The van der Waals surface area contributed by atoms with E-state index in [0.29, 0.717) is 21.9 Å². The van der Waals surface area contributed by atoms with Gasteiger partial charge >= 0.3 is 59.1 Å². The molecule has 4 aromatic rings. The molecule has 0 spiro atoms. The van der Waals surface area contributed by atoms with E-state index >= 15 is 0 Å². The SMILES string of the molecule is O=S(=O)([O-])C=Cc1ccccc1.O=S(=O)([O-])C=Cc1ccccc1.[Na+].[Na+].c1ccc2ccccc2c1. The molecule has 36 heavy (non-hydrogen) atoms. The monoisotopic (exact) mass is 540 g/mol. The van der Waals surface area contributed by atoms with Crippen LogP contribution < -0.4 is 59.1 Å². The Bertz CT molecular complexity index is 1300. The van der Waals surface area contributed by atoms with Crippen LogP contribution in [0.1, 0.15) is 11.1 Å². The number of rotatable bonds is 4. The van der Waals surface area contributed by atoms with Crippen LogP contribution in [0.25, 0.3) is 22.9 Å². The van der Waals surface area contributed by atoms with E-state index in [9.17, 15) is 25.9 Å². The third-order valence-electron chi connectivity index (χ3n) is 4.11. The first-order valence-corrected chi connectivity index (χ1v) is 12.9. The van der Waals surface area contributed by atoms with Crippen molar-refractivity contribution in [2.24, 2.45) is 0 Å². The molecule has 0 amide bonds. The zero-order valence-corrected chi connectivity index (χ0v) is 25.6. The summed E-state index contributed by atoms with van der Waals surface area (Å²) in [5.41, 5.74) is 1.38. The molecule has 0 aromatic heterocycles. The second-order valence-electron chi connectivity index (χ2n) is 6.76. The van der Waals surface area contributed by atoms with Gasteiger partial charge in [-0.3, -0.25) is 0 Å². The van der Waals surface area contributed by atoms with Gasteiger partial charge in [-0.15, -0.1) is 0 Å². The van der Waals surface area contributed by atoms with Gasteiger partial charge in [0.15, 0.2) is 0 Å². The number of hydrogen-bond acceptors (Lipinski definition) is 6. The summed E-state index contributed by atoms with van der Waals surface area (Å²) in [4.78, 5) is 0. The van der Waals surface area contributed by atoms with E-state index < -0.39 is 20.2 Å². The Balaban J connectivity index is 0.000000498. The molecular weight excluding hydrogens is 518 g/mol. The minimum atomic E-state index is -4.25. The van der Waals surface area contributed by atoms with Gasteiger partial charge in [-0.25, -0.2) is 16.8 Å². The van der Waals surface area contributed by atoms with Gasteiger partial charge in [-0.05, 0) is 34.1 Å². The molecule has 0 saturated heterocycles. The molecule has 4 aromatic carbocycles. The first-order valence-electron chi connectivity index (χ1n) is 9.94. The first-order chi connectivity index (χ1) is 16.1. The summed E-state index contributed by atoms with van der Waals surface area (Å²) in [5, 5.41) is 3.90. The van der Waals surface area contributed by atoms with Crippen LogP contribution in [0.4, 0.5) is 0 Å². The van der Waals surface area contributed by atoms with Crippen LogP contribution in [0.2, 0.25) is 0 Å². The van der Waals surface area contributed by atoms with Crippen molar-refractivity contribution >= 4 is 43.2 Å². The minimum absolute atomic E-state index is 0. The molecule has 0 aliphatic rings. The van der Waals surface area contributed by atoms with Crippen LogP contribution in [-0.2, 0) is 20.2 Å². The van der Waals surface area contributed by atoms with Crippen LogP contribution in [0.5, 0.6) is 0 Å². The molecule has 0 fully saturated rings. The zero-order chi connectivity index (χ0) is 24.9. The fraction of sp³-hybridized carbons (Fsp3) is 0. The maximum atomic E-state index is 10.2. The third kappa shape index (κ3) is 16.2. The van der Waals surface area contributed by atoms with Crippen molar-refractivity contribution in [2.45, 2.75) is 0 Å². The van der Waals surface area contributed by atoms with Crippen molar-refractivity contribution in [1.29, 1.82) is 0 Å². The molecule has 0 saturated carbocycles. The predicted molar refractivity (Wildman–Crippen MR) is 134 cm³/mol. The molecule has 6 nitrogen and oxygen atoms in total. The Morgan fingerprint density at radius 1 is 0.444 bits per heavy atom. The Morgan fingerprint density at radius 2 is 0.694 bits per heavy atom. The first kappa shape index (κ1) is 34.4. The number of benzene rings is 4. The molecular formula is C26H22Na2O6S2. The van der Waals surface area contributed by atoms with Crippen molar-refractivity contribution in [3.63, 3.8) is 0 Å². The Labute approximate surface area is 256 Å². The molecule has 176 valence electrons. The van der Waals surface area contributed by atoms with Crippen molar-refractivity contribution in [3.05, 3.63) is 131 Å². The molecule has 10 heteroatoms. The van der Waals surface area contributed by atoms with Crippen LogP contribution in [0, 0.1) is 0 Å². The van der Waals surface area contributed by atoms with Crippen molar-refractivity contribution < 1.29 is 85.1 Å². The van der Waals surface area contributed by atoms with E-state index in [1.54, 1.807) is 48.5 Å². The third-order valence-corrected chi connectivity index (χ3v) is 5.05. The summed E-state index contributed by atoms with van der Waals surface area (Å²) in [7, 11) is -8.51. The predicted octanol–water partition coefficient (Wildman–Crippen LogP) is -0.747. The van der Waals surface area contributed by atoms with Gasteiger partial charge in [0.1, 0.15) is 20.2 Å².